The summed E-state index contributed by atoms with van der Waals surface area (Å²) in [7, 11) is -8.59. The van der Waals surface area contributed by atoms with Gasteiger partial charge in [0.25, 0.3) is 20.0 Å². The molecule has 15 heteroatoms. The van der Waals surface area contributed by atoms with E-state index in [2.05, 4.69) is 46.3 Å². The molecule has 4 aromatic rings. The second kappa shape index (κ2) is 13.0. The third-order valence-corrected chi connectivity index (χ3v) is 12.0. The highest BCUT2D eigenvalue weighted by molar-refractivity contribution is 7.90. The first-order valence-electron chi connectivity index (χ1n) is 15.7. The Labute approximate surface area is 274 Å². The van der Waals surface area contributed by atoms with Crippen molar-refractivity contribution < 1.29 is 21.6 Å². The first-order valence-corrected chi connectivity index (χ1v) is 18.6. The molecule has 2 fully saturated rings. The molecule has 246 valence electrons. The summed E-state index contributed by atoms with van der Waals surface area (Å²) in [6.07, 6.45) is 11.2. The summed E-state index contributed by atoms with van der Waals surface area (Å²) < 4.78 is 64.0. The predicted molar refractivity (Wildman–Crippen MR) is 175 cm³/mol. The fourth-order valence-electron chi connectivity index (χ4n) is 6.74. The van der Waals surface area contributed by atoms with Crippen molar-refractivity contribution in [3.05, 3.63) is 91.1 Å². The second-order valence-corrected chi connectivity index (χ2v) is 15.2. The number of aromatic nitrogens is 4. The number of ether oxygens (including phenoxy) is 1. The molecule has 3 aromatic heterocycles. The summed E-state index contributed by atoms with van der Waals surface area (Å²) in [6.45, 7) is 4.67. The average molecular weight is 677 g/mol. The molecule has 0 N–H and O–H groups in total. The van der Waals surface area contributed by atoms with E-state index >= 15 is 0 Å². The van der Waals surface area contributed by atoms with E-state index in [9.17, 15) is 16.8 Å². The highest BCUT2D eigenvalue weighted by Crippen LogP contribution is 2.37. The molecule has 1 aromatic carbocycles. The third kappa shape index (κ3) is 6.47. The van der Waals surface area contributed by atoms with Crippen molar-refractivity contribution in [2.45, 2.75) is 47.6 Å². The first kappa shape index (κ1) is 31.3. The maximum absolute atomic E-state index is 13.5. The summed E-state index contributed by atoms with van der Waals surface area (Å²) >= 11 is 0. The van der Waals surface area contributed by atoms with Crippen molar-refractivity contribution in [3.8, 4) is 5.75 Å². The van der Waals surface area contributed by atoms with E-state index in [4.69, 9.17) is 4.74 Å². The molecule has 47 heavy (non-hydrogen) atoms. The van der Waals surface area contributed by atoms with E-state index in [1.807, 2.05) is 12.1 Å². The summed E-state index contributed by atoms with van der Waals surface area (Å²) in [6, 6.07) is 16.5. The molecule has 7 rings (SSSR count). The lowest BCUT2D eigenvalue weighted by Crippen LogP contribution is -2.53. The Bertz CT molecular complexity index is 1990. The number of nitrogens with zero attached hydrogens (tertiary/aromatic N) is 8. The zero-order valence-electron chi connectivity index (χ0n) is 25.7. The molecule has 1 aliphatic carbocycles. The Morgan fingerprint density at radius 1 is 0.745 bits per heavy atom. The Kier molecular flexibility index (Phi) is 8.68. The molecule has 3 aliphatic rings. The van der Waals surface area contributed by atoms with Crippen LogP contribution in [0.15, 0.2) is 99.8 Å². The van der Waals surface area contributed by atoms with Crippen molar-refractivity contribution in [2.75, 3.05) is 49.1 Å². The Balaban J connectivity index is 1.08. The van der Waals surface area contributed by atoms with Crippen LogP contribution in [-0.4, -0.2) is 92.3 Å². The highest BCUT2D eigenvalue weighted by Gasteiger charge is 2.33. The van der Waals surface area contributed by atoms with Crippen molar-refractivity contribution in [1.82, 2.24) is 24.1 Å². The molecule has 2 aliphatic heterocycles. The molecule has 0 bridgehead atoms. The van der Waals surface area contributed by atoms with Crippen LogP contribution >= 0.6 is 0 Å². The standard InChI is InChI=1S/C32H36N8O5S2/c41-46(42,28-5-3-13-33-23-28)36-32-21-27(22-35-40(32)47(43,44)29-6-4-14-34-24-29)38-17-15-37(16-18-38)25-9-11-26(12-10-25)39-19-20-45-31-8-2-1-7-30(31)39/h1-8,13-14,21-26H,9-12,15-20H2. The second-order valence-electron chi connectivity index (χ2n) is 11.9. The topological polar surface area (TPSA) is 143 Å². The van der Waals surface area contributed by atoms with Crippen LogP contribution in [0.4, 0.5) is 11.4 Å². The average Bonchev–Trinajstić information content (AvgIpc) is 3.12. The van der Waals surface area contributed by atoms with Gasteiger partial charge in [0.15, 0.2) is 5.49 Å². The van der Waals surface area contributed by atoms with Crippen molar-refractivity contribution in [1.29, 1.82) is 0 Å². The van der Waals surface area contributed by atoms with E-state index in [0.717, 1.165) is 51.1 Å². The zero-order valence-corrected chi connectivity index (χ0v) is 27.4. The van der Waals surface area contributed by atoms with Crippen molar-refractivity contribution in [3.63, 3.8) is 0 Å². The molecule has 1 saturated heterocycles. The molecule has 1 saturated carbocycles. The number of rotatable bonds is 7. The summed E-state index contributed by atoms with van der Waals surface area (Å²) in [5.74, 6) is 0.971. The molecule has 0 spiro atoms. The third-order valence-electron chi connectivity index (χ3n) is 9.14. The van der Waals surface area contributed by atoms with Gasteiger partial charge < -0.3 is 14.5 Å². The monoisotopic (exact) mass is 676 g/mol. The van der Waals surface area contributed by atoms with Gasteiger partial charge in [0.1, 0.15) is 22.1 Å². The summed E-state index contributed by atoms with van der Waals surface area (Å²) in [5, 5.41) is 4.22. The van der Waals surface area contributed by atoms with Crippen molar-refractivity contribution >= 4 is 31.4 Å². The van der Waals surface area contributed by atoms with E-state index in [1.54, 1.807) is 0 Å². The number of benzene rings is 1. The lowest BCUT2D eigenvalue weighted by atomic mass is 9.88. The number of para-hydroxylation sites is 2. The van der Waals surface area contributed by atoms with Gasteiger partial charge in [0, 0.05) is 69.1 Å². The van der Waals surface area contributed by atoms with Crippen LogP contribution < -0.4 is 20.0 Å². The number of hydrogen-bond donors (Lipinski definition) is 0. The fourth-order valence-corrected chi connectivity index (χ4v) is 8.87. The largest absolute Gasteiger partial charge is 0.490 e. The SMILES string of the molecule is O=S(=O)(N=c1cc(N2CCN(C3CCC(N4CCOc5ccccc54)CC3)CC2)cnn1S(=O)(=O)c1cccnc1)c1cccnc1. The number of piperazine rings is 1. The van der Waals surface area contributed by atoms with Crippen LogP contribution in [0.25, 0.3) is 0 Å². The van der Waals surface area contributed by atoms with Gasteiger partial charge in [-0.05, 0) is 62.1 Å². The van der Waals surface area contributed by atoms with Gasteiger partial charge in [0.2, 0.25) is 0 Å². The minimum absolute atomic E-state index is 0.137. The van der Waals surface area contributed by atoms with Crippen LogP contribution in [-0.2, 0) is 20.0 Å². The molecular formula is C32H36N8O5S2. The van der Waals surface area contributed by atoms with E-state index < -0.39 is 20.0 Å². The molecule has 0 unspecified atom stereocenters. The van der Waals surface area contributed by atoms with E-state index in [1.165, 1.54) is 67.0 Å². The summed E-state index contributed by atoms with van der Waals surface area (Å²) in [5.41, 5.74) is 1.46. The number of anilines is 2. The van der Waals surface area contributed by atoms with Gasteiger partial charge in [-0.15, -0.1) is 8.48 Å². The van der Waals surface area contributed by atoms with E-state index in [0.29, 0.717) is 41.6 Å². The Morgan fingerprint density at radius 3 is 2.13 bits per heavy atom. The molecule has 0 amide bonds. The van der Waals surface area contributed by atoms with Gasteiger partial charge in [0.05, 0.1) is 24.1 Å². The van der Waals surface area contributed by atoms with E-state index in [-0.39, 0.29) is 15.3 Å². The smallest absolute Gasteiger partial charge is 0.286 e. The number of hydrogen-bond acceptors (Lipinski definition) is 11. The maximum atomic E-state index is 13.5. The number of fused-ring (bicyclic) bond motifs is 1. The van der Waals surface area contributed by atoms with Gasteiger partial charge in [-0.1, -0.05) is 12.1 Å². The minimum atomic E-state index is -4.29. The van der Waals surface area contributed by atoms with Gasteiger partial charge in [-0.3, -0.25) is 14.9 Å². The van der Waals surface area contributed by atoms with Crippen LogP contribution in [0.3, 0.4) is 0 Å². The fraction of sp³-hybridized carbons (Fsp3) is 0.375. The van der Waals surface area contributed by atoms with Crippen LogP contribution in [0.2, 0.25) is 0 Å². The predicted octanol–water partition coefficient (Wildman–Crippen LogP) is 2.53. The van der Waals surface area contributed by atoms with Crippen LogP contribution in [0, 0.1) is 0 Å². The molecule has 5 heterocycles. The van der Waals surface area contributed by atoms with Gasteiger partial charge >= 0.3 is 0 Å². The number of pyridine rings is 2. The molecule has 0 atom stereocenters. The quantitative estimate of drug-likeness (QED) is 0.285. The highest BCUT2D eigenvalue weighted by atomic mass is 32.2. The Morgan fingerprint density at radius 2 is 1.43 bits per heavy atom. The lowest BCUT2D eigenvalue weighted by molar-refractivity contribution is 0.139. The summed E-state index contributed by atoms with van der Waals surface area (Å²) in [4.78, 5) is 14.6. The number of sulfonamides is 1. The normalized spacial score (nSPS) is 21.2. The van der Waals surface area contributed by atoms with Gasteiger partial charge in [-0.25, -0.2) is 0 Å². The molecule has 13 nitrogen and oxygen atoms in total. The molecular weight excluding hydrogens is 641 g/mol. The zero-order chi connectivity index (χ0) is 32.4. The Hall–Kier alpha value is -4.34. The lowest BCUT2D eigenvalue weighted by Gasteiger charge is -2.45. The maximum Gasteiger partial charge on any atom is 0.286 e. The van der Waals surface area contributed by atoms with Crippen LogP contribution in [0.5, 0.6) is 5.75 Å². The molecule has 0 radical (unpaired) electrons. The minimum Gasteiger partial charge on any atom is -0.490 e. The first-order chi connectivity index (χ1) is 22.8. The van der Waals surface area contributed by atoms with Gasteiger partial charge in [-0.2, -0.15) is 21.9 Å². The van der Waals surface area contributed by atoms with Crippen molar-refractivity contribution in [2.24, 2.45) is 4.40 Å². The van der Waals surface area contributed by atoms with Crippen LogP contribution in [0.1, 0.15) is 25.7 Å².